The maximum absolute atomic E-state index is 12.3. The second-order valence-corrected chi connectivity index (χ2v) is 6.84. The van der Waals surface area contributed by atoms with Crippen LogP contribution in [0.1, 0.15) is 37.7 Å². The van der Waals surface area contributed by atoms with Gasteiger partial charge in [-0.15, -0.1) is 0 Å². The van der Waals surface area contributed by atoms with Gasteiger partial charge in [-0.2, -0.15) is 0 Å². The van der Waals surface area contributed by atoms with Crippen molar-refractivity contribution in [3.8, 4) is 0 Å². The molecule has 6 heteroatoms. The molecule has 0 saturated heterocycles. The molecule has 1 amide bonds. The van der Waals surface area contributed by atoms with E-state index < -0.39 is 5.54 Å². The van der Waals surface area contributed by atoms with Crippen LogP contribution in [0.25, 0.3) is 0 Å². The standard InChI is InChI=1S/C15H21BrN2O3/c1-4-21-12-7-15(9-19,14(12,2)3)18-13(20)11-6-5-10(16)8-17-11/h5-6,8,12,19H,4,7,9H2,1-3H3,(H,18,20). The van der Waals surface area contributed by atoms with Crippen LogP contribution in [0.2, 0.25) is 0 Å². The van der Waals surface area contributed by atoms with Gasteiger partial charge in [-0.25, -0.2) is 4.98 Å². The third kappa shape index (κ3) is 2.84. The van der Waals surface area contributed by atoms with Crippen molar-refractivity contribution in [1.82, 2.24) is 10.3 Å². The third-order valence-corrected chi connectivity index (χ3v) is 4.99. The van der Waals surface area contributed by atoms with Gasteiger partial charge in [-0.3, -0.25) is 4.79 Å². The number of pyridine rings is 1. The molecule has 1 aromatic heterocycles. The molecule has 2 N–H and O–H groups in total. The van der Waals surface area contributed by atoms with E-state index in [0.29, 0.717) is 18.7 Å². The predicted molar refractivity (Wildman–Crippen MR) is 83.0 cm³/mol. The van der Waals surface area contributed by atoms with E-state index in [-0.39, 0.29) is 24.0 Å². The first-order chi connectivity index (χ1) is 9.86. The summed E-state index contributed by atoms with van der Waals surface area (Å²) >= 11 is 3.29. The lowest BCUT2D eigenvalue weighted by Gasteiger charge is -2.60. The Kier molecular flexibility index (Phi) is 4.70. The highest BCUT2D eigenvalue weighted by Gasteiger charge is 2.61. The molecule has 21 heavy (non-hydrogen) atoms. The number of nitrogens with zero attached hydrogens (tertiary/aromatic N) is 1. The quantitative estimate of drug-likeness (QED) is 0.847. The molecular weight excluding hydrogens is 336 g/mol. The predicted octanol–water partition coefficient (Wildman–Crippen LogP) is 2.14. The number of aromatic nitrogens is 1. The maximum atomic E-state index is 12.3. The summed E-state index contributed by atoms with van der Waals surface area (Å²) in [5.41, 5.74) is -0.664. The molecule has 1 heterocycles. The summed E-state index contributed by atoms with van der Waals surface area (Å²) in [6.07, 6.45) is 2.22. The molecule has 0 radical (unpaired) electrons. The Bertz CT molecular complexity index is 518. The van der Waals surface area contributed by atoms with Crippen LogP contribution in [-0.4, -0.2) is 40.9 Å². The monoisotopic (exact) mass is 356 g/mol. The Morgan fingerprint density at radius 3 is 2.76 bits per heavy atom. The number of hydrogen-bond donors (Lipinski definition) is 2. The topological polar surface area (TPSA) is 71.5 Å². The summed E-state index contributed by atoms with van der Waals surface area (Å²) in [5, 5.41) is 12.7. The zero-order valence-corrected chi connectivity index (χ0v) is 14.1. The molecule has 0 spiro atoms. The maximum Gasteiger partial charge on any atom is 0.270 e. The van der Waals surface area contributed by atoms with Gasteiger partial charge < -0.3 is 15.2 Å². The molecule has 1 aliphatic rings. The minimum atomic E-state index is -0.668. The minimum Gasteiger partial charge on any atom is -0.394 e. The van der Waals surface area contributed by atoms with Crippen LogP contribution in [0.3, 0.4) is 0 Å². The average Bonchev–Trinajstić information content (AvgIpc) is 2.46. The lowest BCUT2D eigenvalue weighted by Crippen LogP contribution is -2.74. The van der Waals surface area contributed by atoms with E-state index >= 15 is 0 Å². The Hall–Kier alpha value is -0.980. The molecule has 1 fully saturated rings. The molecule has 0 aromatic carbocycles. The van der Waals surface area contributed by atoms with E-state index in [2.05, 4.69) is 26.2 Å². The first-order valence-corrected chi connectivity index (χ1v) is 7.82. The van der Waals surface area contributed by atoms with Gasteiger partial charge >= 0.3 is 0 Å². The van der Waals surface area contributed by atoms with Gasteiger partial charge in [0.05, 0.1) is 18.2 Å². The highest BCUT2D eigenvalue weighted by atomic mass is 79.9. The van der Waals surface area contributed by atoms with Crippen molar-refractivity contribution in [3.05, 3.63) is 28.5 Å². The van der Waals surface area contributed by atoms with E-state index in [9.17, 15) is 9.90 Å². The molecular formula is C15H21BrN2O3. The number of carbonyl (C=O) groups excluding carboxylic acids is 1. The van der Waals surface area contributed by atoms with Gasteiger partial charge in [0, 0.05) is 29.1 Å². The largest absolute Gasteiger partial charge is 0.394 e. The zero-order chi connectivity index (χ0) is 15.7. The van der Waals surface area contributed by atoms with Gasteiger partial charge in [0.25, 0.3) is 5.91 Å². The van der Waals surface area contributed by atoms with E-state index in [1.165, 1.54) is 0 Å². The number of rotatable bonds is 5. The van der Waals surface area contributed by atoms with E-state index in [1.807, 2.05) is 20.8 Å². The Morgan fingerprint density at radius 1 is 1.57 bits per heavy atom. The van der Waals surface area contributed by atoms with Crippen LogP contribution in [0.15, 0.2) is 22.8 Å². The fourth-order valence-corrected chi connectivity index (χ4v) is 3.03. The smallest absolute Gasteiger partial charge is 0.270 e. The molecule has 5 nitrogen and oxygen atoms in total. The molecule has 2 atom stereocenters. The summed E-state index contributed by atoms with van der Waals surface area (Å²) in [7, 11) is 0. The lowest BCUT2D eigenvalue weighted by atomic mass is 9.54. The van der Waals surface area contributed by atoms with E-state index in [4.69, 9.17) is 4.74 Å². The number of amides is 1. The fraction of sp³-hybridized carbons (Fsp3) is 0.600. The van der Waals surface area contributed by atoms with Crippen molar-refractivity contribution < 1.29 is 14.6 Å². The van der Waals surface area contributed by atoms with Crippen LogP contribution < -0.4 is 5.32 Å². The average molecular weight is 357 g/mol. The zero-order valence-electron chi connectivity index (χ0n) is 12.5. The number of aliphatic hydroxyl groups is 1. The van der Waals surface area contributed by atoms with Gasteiger partial charge in [0.2, 0.25) is 0 Å². The van der Waals surface area contributed by atoms with Crippen molar-refractivity contribution in [2.75, 3.05) is 13.2 Å². The van der Waals surface area contributed by atoms with E-state index in [0.717, 1.165) is 4.47 Å². The first-order valence-electron chi connectivity index (χ1n) is 7.03. The summed E-state index contributed by atoms with van der Waals surface area (Å²) in [5.74, 6) is -0.278. The molecule has 116 valence electrons. The number of carbonyl (C=O) groups is 1. The highest BCUT2D eigenvalue weighted by Crippen LogP contribution is 2.51. The van der Waals surface area contributed by atoms with E-state index in [1.54, 1.807) is 18.3 Å². The van der Waals surface area contributed by atoms with Crippen LogP contribution in [0, 0.1) is 5.41 Å². The highest BCUT2D eigenvalue weighted by molar-refractivity contribution is 9.10. The van der Waals surface area contributed by atoms with Crippen molar-refractivity contribution in [3.63, 3.8) is 0 Å². The summed E-state index contributed by atoms with van der Waals surface area (Å²) in [4.78, 5) is 16.4. The van der Waals surface area contributed by atoms with Crippen molar-refractivity contribution in [1.29, 1.82) is 0 Å². The fourth-order valence-electron chi connectivity index (χ4n) is 2.79. The minimum absolute atomic E-state index is 0.0350. The second-order valence-electron chi connectivity index (χ2n) is 5.93. The second kappa shape index (κ2) is 6.02. The van der Waals surface area contributed by atoms with Crippen molar-refractivity contribution in [2.45, 2.75) is 38.8 Å². The Morgan fingerprint density at radius 2 is 2.29 bits per heavy atom. The number of ether oxygens (including phenoxy) is 1. The van der Waals surface area contributed by atoms with Gasteiger partial charge in [-0.05, 0) is 35.0 Å². The number of aliphatic hydroxyl groups excluding tert-OH is 1. The first kappa shape index (κ1) is 16.4. The summed E-state index contributed by atoms with van der Waals surface area (Å²) in [6, 6.07) is 3.42. The Balaban J connectivity index is 2.13. The van der Waals surface area contributed by atoms with Crippen LogP contribution in [0.5, 0.6) is 0 Å². The molecule has 1 saturated carbocycles. The molecule has 0 aliphatic heterocycles. The molecule has 2 unspecified atom stereocenters. The van der Waals surface area contributed by atoms with Gasteiger partial charge in [-0.1, -0.05) is 13.8 Å². The number of halogens is 1. The van der Waals surface area contributed by atoms with Crippen molar-refractivity contribution in [2.24, 2.45) is 5.41 Å². The lowest BCUT2D eigenvalue weighted by molar-refractivity contribution is -0.172. The SMILES string of the molecule is CCOC1CC(CO)(NC(=O)c2ccc(Br)cn2)C1(C)C. The molecule has 1 aromatic rings. The molecule has 2 rings (SSSR count). The van der Waals surface area contributed by atoms with Gasteiger partial charge in [0.1, 0.15) is 5.69 Å². The normalized spacial score (nSPS) is 27.0. The third-order valence-electron chi connectivity index (χ3n) is 4.52. The van der Waals surface area contributed by atoms with Crippen LogP contribution in [-0.2, 0) is 4.74 Å². The van der Waals surface area contributed by atoms with Gasteiger partial charge in [0.15, 0.2) is 0 Å². The molecule has 1 aliphatic carbocycles. The van der Waals surface area contributed by atoms with Crippen molar-refractivity contribution >= 4 is 21.8 Å². The Labute approximate surface area is 133 Å². The molecule has 0 bridgehead atoms. The summed E-state index contributed by atoms with van der Waals surface area (Å²) in [6.45, 7) is 6.45. The summed E-state index contributed by atoms with van der Waals surface area (Å²) < 4.78 is 6.48. The van der Waals surface area contributed by atoms with Crippen LogP contribution >= 0.6 is 15.9 Å². The number of hydrogen-bond acceptors (Lipinski definition) is 4. The number of nitrogens with one attached hydrogen (secondary N) is 1. The van der Waals surface area contributed by atoms with Crippen LogP contribution in [0.4, 0.5) is 0 Å².